The van der Waals surface area contributed by atoms with E-state index in [9.17, 15) is 13.2 Å². The normalized spacial score (nSPS) is 19.9. The molecule has 0 radical (unpaired) electrons. The van der Waals surface area contributed by atoms with E-state index in [-0.39, 0.29) is 17.5 Å². The van der Waals surface area contributed by atoms with Gasteiger partial charge in [0.05, 0.1) is 4.90 Å². The van der Waals surface area contributed by atoms with E-state index in [4.69, 9.17) is 10.8 Å². The van der Waals surface area contributed by atoms with Crippen molar-refractivity contribution in [3.8, 4) is 0 Å². The molecule has 1 aromatic carbocycles. The summed E-state index contributed by atoms with van der Waals surface area (Å²) in [4.78, 5) is 10.7. The largest absolute Gasteiger partial charge is 0.465 e. The Morgan fingerprint density at radius 1 is 1.40 bits per heavy atom. The number of amides is 1. The fourth-order valence-electron chi connectivity index (χ4n) is 2.31. The second kappa shape index (κ2) is 5.68. The zero-order valence-electron chi connectivity index (χ0n) is 10.8. The smallest absolute Gasteiger partial charge is 0.404 e. The molecule has 1 aliphatic heterocycles. The Morgan fingerprint density at radius 3 is 2.65 bits per heavy atom. The third kappa shape index (κ3) is 3.02. The highest BCUT2D eigenvalue weighted by Gasteiger charge is 2.35. The number of carboxylic acid groups (broad SMARTS) is 1. The Kier molecular flexibility index (Phi) is 4.15. The van der Waals surface area contributed by atoms with E-state index in [2.05, 4.69) is 5.32 Å². The number of rotatable bonds is 4. The number of sulfonamides is 1. The molecule has 1 saturated heterocycles. The van der Waals surface area contributed by atoms with Crippen LogP contribution in [0.3, 0.4) is 0 Å². The highest BCUT2D eigenvalue weighted by molar-refractivity contribution is 7.89. The molecule has 1 fully saturated rings. The van der Waals surface area contributed by atoms with Crippen LogP contribution >= 0.6 is 0 Å². The molecular weight excluding hydrogens is 282 g/mol. The highest BCUT2D eigenvalue weighted by Crippen LogP contribution is 2.26. The summed E-state index contributed by atoms with van der Waals surface area (Å²) < 4.78 is 26.4. The van der Waals surface area contributed by atoms with Crippen LogP contribution in [0.2, 0.25) is 0 Å². The summed E-state index contributed by atoms with van der Waals surface area (Å²) in [7, 11) is -3.61. The number of nitrogens with zero attached hydrogens (tertiary/aromatic N) is 1. The van der Waals surface area contributed by atoms with Crippen LogP contribution in [0.5, 0.6) is 0 Å². The fourth-order valence-corrected chi connectivity index (χ4v) is 4.00. The maximum Gasteiger partial charge on any atom is 0.404 e. The van der Waals surface area contributed by atoms with E-state index in [0.717, 1.165) is 6.42 Å². The van der Waals surface area contributed by atoms with Crippen LogP contribution in [0.1, 0.15) is 12.8 Å². The van der Waals surface area contributed by atoms with Gasteiger partial charge in [0.2, 0.25) is 10.0 Å². The molecule has 1 atom stereocenters. The van der Waals surface area contributed by atoms with E-state index in [0.29, 0.717) is 18.7 Å². The van der Waals surface area contributed by atoms with Crippen LogP contribution in [0.25, 0.3) is 0 Å². The van der Waals surface area contributed by atoms with Crippen molar-refractivity contribution in [1.29, 1.82) is 0 Å². The number of hydrogen-bond donors (Lipinski definition) is 3. The molecule has 1 unspecified atom stereocenters. The summed E-state index contributed by atoms with van der Waals surface area (Å²) >= 11 is 0. The van der Waals surface area contributed by atoms with E-state index in [1.165, 1.54) is 28.6 Å². The average Bonchev–Trinajstić information content (AvgIpc) is 2.86. The second-order valence-electron chi connectivity index (χ2n) is 4.67. The minimum Gasteiger partial charge on any atom is -0.465 e. The van der Waals surface area contributed by atoms with Gasteiger partial charge in [-0.2, -0.15) is 4.31 Å². The molecule has 1 aliphatic rings. The second-order valence-corrected chi connectivity index (χ2v) is 6.56. The van der Waals surface area contributed by atoms with Crippen molar-refractivity contribution < 1.29 is 18.3 Å². The molecule has 0 aromatic heterocycles. The summed E-state index contributed by atoms with van der Waals surface area (Å²) in [6, 6.07) is 5.66. The van der Waals surface area contributed by atoms with Crippen LogP contribution in [0.4, 0.5) is 10.5 Å². The number of nitrogen functional groups attached to an aromatic ring is 1. The molecule has 2 rings (SSSR count). The van der Waals surface area contributed by atoms with Gasteiger partial charge in [0.1, 0.15) is 0 Å². The van der Waals surface area contributed by atoms with Crippen molar-refractivity contribution in [2.45, 2.75) is 23.8 Å². The van der Waals surface area contributed by atoms with Crippen molar-refractivity contribution in [2.24, 2.45) is 0 Å². The van der Waals surface area contributed by atoms with Gasteiger partial charge in [0.15, 0.2) is 0 Å². The minimum absolute atomic E-state index is 0.101. The summed E-state index contributed by atoms with van der Waals surface area (Å²) in [5.41, 5.74) is 6.04. The third-order valence-electron chi connectivity index (χ3n) is 3.30. The number of benzene rings is 1. The van der Waals surface area contributed by atoms with Crippen molar-refractivity contribution in [2.75, 3.05) is 18.8 Å². The number of hydrogen-bond acceptors (Lipinski definition) is 4. The van der Waals surface area contributed by atoms with Crippen LogP contribution < -0.4 is 11.1 Å². The Labute approximate surface area is 117 Å². The summed E-state index contributed by atoms with van der Waals surface area (Å²) in [6.07, 6.45) is 0.219. The third-order valence-corrected chi connectivity index (χ3v) is 5.26. The lowest BCUT2D eigenvalue weighted by Crippen LogP contribution is -2.42. The Morgan fingerprint density at radius 2 is 2.05 bits per heavy atom. The van der Waals surface area contributed by atoms with Gasteiger partial charge in [-0.25, -0.2) is 13.2 Å². The van der Waals surface area contributed by atoms with Crippen LogP contribution in [-0.4, -0.2) is 43.1 Å². The van der Waals surface area contributed by atoms with E-state index >= 15 is 0 Å². The first-order valence-electron chi connectivity index (χ1n) is 6.25. The van der Waals surface area contributed by atoms with E-state index in [1.807, 2.05) is 0 Å². The molecule has 1 heterocycles. The molecule has 0 saturated carbocycles. The van der Waals surface area contributed by atoms with E-state index in [1.54, 1.807) is 0 Å². The summed E-state index contributed by atoms with van der Waals surface area (Å²) in [5.74, 6) is 0. The van der Waals surface area contributed by atoms with Gasteiger partial charge in [0, 0.05) is 24.8 Å². The SMILES string of the molecule is Nc1ccc(S(=O)(=O)N2CCCC2CNC(=O)O)cc1. The predicted molar refractivity (Wildman–Crippen MR) is 73.8 cm³/mol. The zero-order valence-corrected chi connectivity index (χ0v) is 11.6. The lowest BCUT2D eigenvalue weighted by atomic mass is 10.2. The van der Waals surface area contributed by atoms with Crippen LogP contribution in [0.15, 0.2) is 29.2 Å². The summed E-state index contributed by atoms with van der Waals surface area (Å²) in [5, 5.41) is 10.9. The quantitative estimate of drug-likeness (QED) is 0.708. The standard InChI is InChI=1S/C12H17N3O4S/c13-9-3-5-11(6-4-9)20(18,19)15-7-1-2-10(15)8-14-12(16)17/h3-6,10,14H,1-2,7-8,13H2,(H,16,17). The van der Waals surface area contributed by atoms with Gasteiger partial charge in [-0.15, -0.1) is 0 Å². The van der Waals surface area contributed by atoms with Gasteiger partial charge in [0.25, 0.3) is 0 Å². The molecule has 0 bridgehead atoms. The Hall–Kier alpha value is -1.80. The first-order chi connectivity index (χ1) is 9.41. The number of nitrogens with one attached hydrogen (secondary N) is 1. The van der Waals surface area contributed by atoms with Crippen LogP contribution in [-0.2, 0) is 10.0 Å². The molecule has 0 aliphatic carbocycles. The monoisotopic (exact) mass is 299 g/mol. The van der Waals surface area contributed by atoms with Gasteiger partial charge < -0.3 is 16.2 Å². The molecule has 110 valence electrons. The lowest BCUT2D eigenvalue weighted by Gasteiger charge is -2.23. The molecule has 4 N–H and O–H groups in total. The molecule has 20 heavy (non-hydrogen) atoms. The number of anilines is 1. The predicted octanol–water partition coefficient (Wildman–Crippen LogP) is 0.690. The lowest BCUT2D eigenvalue weighted by molar-refractivity contribution is 0.191. The average molecular weight is 299 g/mol. The van der Waals surface area contributed by atoms with Crippen molar-refractivity contribution in [3.05, 3.63) is 24.3 Å². The number of carbonyl (C=O) groups is 1. The van der Waals surface area contributed by atoms with Crippen molar-refractivity contribution >= 4 is 21.8 Å². The Balaban J connectivity index is 2.19. The highest BCUT2D eigenvalue weighted by atomic mass is 32.2. The van der Waals surface area contributed by atoms with Gasteiger partial charge in [-0.1, -0.05) is 0 Å². The molecule has 7 nitrogen and oxygen atoms in total. The van der Waals surface area contributed by atoms with Crippen LogP contribution in [0, 0.1) is 0 Å². The molecule has 0 spiro atoms. The van der Waals surface area contributed by atoms with Gasteiger partial charge in [-0.05, 0) is 37.1 Å². The molecule has 8 heteroatoms. The van der Waals surface area contributed by atoms with Crippen molar-refractivity contribution in [1.82, 2.24) is 9.62 Å². The van der Waals surface area contributed by atoms with E-state index < -0.39 is 16.1 Å². The van der Waals surface area contributed by atoms with Gasteiger partial charge in [-0.3, -0.25) is 0 Å². The Bertz CT molecular complexity index is 585. The zero-order chi connectivity index (χ0) is 14.8. The first-order valence-corrected chi connectivity index (χ1v) is 7.69. The van der Waals surface area contributed by atoms with Gasteiger partial charge >= 0.3 is 6.09 Å². The number of nitrogens with two attached hydrogens (primary N) is 1. The molecule has 1 aromatic rings. The first kappa shape index (κ1) is 14.6. The van der Waals surface area contributed by atoms with Crippen molar-refractivity contribution in [3.63, 3.8) is 0 Å². The molecular formula is C12H17N3O4S. The maximum absolute atomic E-state index is 12.5. The molecule has 1 amide bonds. The maximum atomic E-state index is 12.5. The summed E-state index contributed by atoms with van der Waals surface area (Å²) in [6.45, 7) is 0.502. The minimum atomic E-state index is -3.61. The topological polar surface area (TPSA) is 113 Å². The fraction of sp³-hybridized carbons (Fsp3) is 0.417.